The van der Waals surface area contributed by atoms with E-state index in [9.17, 15) is 0 Å². The van der Waals surface area contributed by atoms with Crippen molar-refractivity contribution in [2.45, 2.75) is 18.9 Å². The highest BCUT2D eigenvalue weighted by Crippen LogP contribution is 2.10. The zero-order valence-electron chi connectivity index (χ0n) is 10.7. The second-order valence-corrected chi connectivity index (χ2v) is 6.98. The maximum absolute atomic E-state index is 5.80. The highest BCUT2D eigenvalue weighted by molar-refractivity contribution is 6.67. The van der Waals surface area contributed by atoms with Crippen LogP contribution >= 0.6 is 0 Å². The number of hydrogen-bond acceptors (Lipinski definition) is 1. The highest BCUT2D eigenvalue weighted by atomic mass is 28.3. The van der Waals surface area contributed by atoms with Crippen LogP contribution in [0.5, 0.6) is 0 Å². The number of hydrogen-bond donors (Lipinski definition) is 0. The van der Waals surface area contributed by atoms with Gasteiger partial charge in [-0.15, -0.1) is 0 Å². The van der Waals surface area contributed by atoms with Gasteiger partial charge in [-0.1, -0.05) is 73.2 Å². The van der Waals surface area contributed by atoms with E-state index >= 15 is 0 Å². The summed E-state index contributed by atoms with van der Waals surface area (Å²) in [6.45, 7) is 0.992. The summed E-state index contributed by atoms with van der Waals surface area (Å²) in [4.78, 5) is 0. The molecule has 2 heteroatoms. The van der Waals surface area contributed by atoms with Gasteiger partial charge in [0.15, 0.2) is 0 Å². The fraction of sp³-hybridized carbons (Fsp3) is 0.250. The first-order valence-electron chi connectivity index (χ1n) is 6.63. The number of rotatable bonds is 1. The van der Waals surface area contributed by atoms with Crippen LogP contribution in [0.4, 0.5) is 0 Å². The lowest BCUT2D eigenvalue weighted by molar-refractivity contribution is 0.294. The monoisotopic (exact) mass is 256 g/mol. The van der Waals surface area contributed by atoms with Gasteiger partial charge in [0.05, 0.1) is 0 Å². The van der Waals surface area contributed by atoms with Gasteiger partial charge in [0.2, 0.25) is 9.04 Å². The molecule has 1 unspecified atom stereocenters. The molecule has 3 rings (SSSR count). The van der Waals surface area contributed by atoms with Gasteiger partial charge in [0.25, 0.3) is 0 Å². The highest BCUT2D eigenvalue weighted by Gasteiger charge is 2.17. The van der Waals surface area contributed by atoms with Crippen LogP contribution in [0.1, 0.15) is 12.8 Å². The molecule has 0 bridgehead atoms. The zero-order valence-corrected chi connectivity index (χ0v) is 11.8. The molecular formula is C16H20OSi. The van der Waals surface area contributed by atoms with Crippen LogP contribution in [-0.2, 0) is 4.43 Å². The predicted molar refractivity (Wildman–Crippen MR) is 79.7 cm³/mol. The van der Waals surface area contributed by atoms with Crippen LogP contribution in [-0.4, -0.2) is 15.6 Å². The van der Waals surface area contributed by atoms with Crippen molar-refractivity contribution in [3.8, 4) is 0 Å². The molecule has 1 fully saturated rings. The van der Waals surface area contributed by atoms with E-state index < -0.39 is 9.04 Å². The van der Waals surface area contributed by atoms with Gasteiger partial charge in [0, 0.05) is 6.61 Å². The molecule has 0 aromatic heterocycles. The summed E-state index contributed by atoms with van der Waals surface area (Å²) >= 11 is 0. The molecule has 1 saturated heterocycles. The van der Waals surface area contributed by atoms with Crippen LogP contribution in [0.25, 0.3) is 0 Å². The third-order valence-corrected chi connectivity index (χ3v) is 5.72. The van der Waals surface area contributed by atoms with Gasteiger partial charge in [-0.2, -0.15) is 0 Å². The minimum absolute atomic E-state index is 0.984. The summed E-state index contributed by atoms with van der Waals surface area (Å²) in [7, 11) is -0.984. The summed E-state index contributed by atoms with van der Waals surface area (Å²) in [6, 6.07) is 24.0. The van der Waals surface area contributed by atoms with Gasteiger partial charge >= 0.3 is 0 Å². The molecule has 0 saturated carbocycles. The molecule has 94 valence electrons. The molecule has 0 spiro atoms. The van der Waals surface area contributed by atoms with Crippen molar-refractivity contribution in [1.29, 1.82) is 0 Å². The van der Waals surface area contributed by atoms with E-state index in [1.807, 2.05) is 36.4 Å². The minimum Gasteiger partial charge on any atom is -0.415 e. The third kappa shape index (κ3) is 4.47. The quantitative estimate of drug-likeness (QED) is 0.712. The average Bonchev–Trinajstić information content (AvgIpc) is 2.51. The van der Waals surface area contributed by atoms with Crippen molar-refractivity contribution in [3.05, 3.63) is 66.7 Å². The number of benzene rings is 2. The SMILES string of the molecule is c1ccc([SiH]2CCCCO2)cc1.c1ccccc1. The lowest BCUT2D eigenvalue weighted by Gasteiger charge is -2.21. The van der Waals surface area contributed by atoms with Crippen molar-refractivity contribution >= 4 is 14.2 Å². The second-order valence-electron chi connectivity index (χ2n) is 4.42. The normalized spacial score (nSPS) is 18.6. The molecule has 2 aromatic rings. The van der Waals surface area contributed by atoms with E-state index in [0.29, 0.717) is 0 Å². The van der Waals surface area contributed by atoms with Crippen molar-refractivity contribution in [3.63, 3.8) is 0 Å². The molecule has 1 nitrogen and oxygen atoms in total. The lowest BCUT2D eigenvalue weighted by Crippen LogP contribution is -2.36. The Hall–Kier alpha value is -1.38. The molecule has 1 aliphatic heterocycles. The molecule has 0 amide bonds. The van der Waals surface area contributed by atoms with E-state index in [2.05, 4.69) is 30.3 Å². The molecule has 1 heterocycles. The first kappa shape index (κ1) is 13.1. The molecule has 0 aliphatic carbocycles. The Morgan fingerprint density at radius 2 is 1.28 bits per heavy atom. The topological polar surface area (TPSA) is 9.23 Å². The molecule has 0 radical (unpaired) electrons. The van der Waals surface area contributed by atoms with E-state index in [1.165, 1.54) is 24.1 Å². The smallest absolute Gasteiger partial charge is 0.208 e. The van der Waals surface area contributed by atoms with Crippen LogP contribution in [0.15, 0.2) is 66.7 Å². The molecule has 2 aromatic carbocycles. The second kappa shape index (κ2) is 7.85. The maximum atomic E-state index is 5.80. The fourth-order valence-corrected chi connectivity index (χ4v) is 4.51. The Bertz CT molecular complexity index is 383. The van der Waals surface area contributed by atoms with E-state index in [4.69, 9.17) is 4.43 Å². The van der Waals surface area contributed by atoms with Crippen molar-refractivity contribution in [1.82, 2.24) is 0 Å². The Kier molecular flexibility index (Phi) is 5.69. The van der Waals surface area contributed by atoms with Gasteiger partial charge in [-0.3, -0.25) is 0 Å². The van der Waals surface area contributed by atoms with Crippen LogP contribution in [0, 0.1) is 0 Å². The first-order valence-corrected chi connectivity index (χ1v) is 8.50. The average molecular weight is 256 g/mol. The van der Waals surface area contributed by atoms with Crippen LogP contribution in [0.3, 0.4) is 0 Å². The van der Waals surface area contributed by atoms with Crippen LogP contribution in [0.2, 0.25) is 6.04 Å². The summed E-state index contributed by atoms with van der Waals surface area (Å²) in [5, 5.41) is 1.47. The van der Waals surface area contributed by atoms with Gasteiger partial charge in [-0.25, -0.2) is 0 Å². The van der Waals surface area contributed by atoms with E-state index in [0.717, 1.165) is 6.61 Å². The third-order valence-electron chi connectivity index (χ3n) is 3.02. The Morgan fingerprint density at radius 1 is 0.722 bits per heavy atom. The molecule has 1 aliphatic rings. The maximum Gasteiger partial charge on any atom is 0.208 e. The summed E-state index contributed by atoms with van der Waals surface area (Å²) in [5.41, 5.74) is 0. The summed E-state index contributed by atoms with van der Waals surface area (Å²) in [6.07, 6.45) is 2.63. The molecule has 18 heavy (non-hydrogen) atoms. The van der Waals surface area contributed by atoms with Crippen molar-refractivity contribution < 1.29 is 4.43 Å². The lowest BCUT2D eigenvalue weighted by atomic mass is 10.3. The van der Waals surface area contributed by atoms with E-state index in [-0.39, 0.29) is 0 Å². The van der Waals surface area contributed by atoms with Gasteiger partial charge in [0.1, 0.15) is 0 Å². The standard InChI is InChI=1S/C10H14OSi.C6H6/c1-2-6-10(7-3-1)12-9-5-4-8-11-12;1-2-4-6-5-3-1/h1-3,6-7,12H,4-5,8-9H2;1-6H. The van der Waals surface area contributed by atoms with Gasteiger partial charge in [-0.05, 0) is 17.7 Å². The molecular weight excluding hydrogens is 236 g/mol. The molecule has 1 atom stereocenters. The Morgan fingerprint density at radius 3 is 1.78 bits per heavy atom. The largest absolute Gasteiger partial charge is 0.415 e. The molecule has 0 N–H and O–H groups in total. The van der Waals surface area contributed by atoms with Crippen LogP contribution < -0.4 is 5.19 Å². The fourth-order valence-electron chi connectivity index (χ4n) is 2.06. The van der Waals surface area contributed by atoms with Gasteiger partial charge < -0.3 is 4.43 Å². The summed E-state index contributed by atoms with van der Waals surface area (Å²) < 4.78 is 5.80. The Labute approximate surface area is 111 Å². The first-order chi connectivity index (χ1) is 8.97. The predicted octanol–water partition coefficient (Wildman–Crippen LogP) is 3.11. The summed E-state index contributed by atoms with van der Waals surface area (Å²) in [5.74, 6) is 0. The zero-order chi connectivity index (χ0) is 12.5. The van der Waals surface area contributed by atoms with Crippen molar-refractivity contribution in [2.24, 2.45) is 0 Å². The minimum atomic E-state index is -0.984. The van der Waals surface area contributed by atoms with Crippen molar-refractivity contribution in [2.75, 3.05) is 6.61 Å². The Balaban J connectivity index is 0.000000169. The van der Waals surface area contributed by atoms with E-state index in [1.54, 1.807) is 0 Å².